The third-order valence-electron chi connectivity index (χ3n) is 2.57. The van der Waals surface area contributed by atoms with Crippen molar-refractivity contribution in [2.75, 3.05) is 11.1 Å². The van der Waals surface area contributed by atoms with Gasteiger partial charge in [-0.3, -0.25) is 0 Å². The largest absolute Gasteiger partial charge is 0.421 e. The van der Waals surface area contributed by atoms with Gasteiger partial charge in [0, 0.05) is 29.3 Å². The van der Waals surface area contributed by atoms with E-state index in [1.807, 2.05) is 0 Å². The van der Waals surface area contributed by atoms with Crippen LogP contribution < -0.4 is 11.1 Å². The number of nitrogens with zero attached hydrogens (tertiary/aromatic N) is 2. The fourth-order valence-electron chi connectivity index (χ4n) is 1.58. The van der Waals surface area contributed by atoms with E-state index in [-0.39, 0.29) is 5.28 Å². The Morgan fingerprint density at radius 3 is 2.67 bits per heavy atom. The highest BCUT2D eigenvalue weighted by atomic mass is 35.5. The van der Waals surface area contributed by atoms with E-state index in [4.69, 9.17) is 22.7 Å². The summed E-state index contributed by atoms with van der Waals surface area (Å²) in [5, 5.41) is 9.37. The van der Waals surface area contributed by atoms with Crippen LogP contribution in [0.3, 0.4) is 0 Å². The fourth-order valence-corrected chi connectivity index (χ4v) is 1.71. The van der Waals surface area contributed by atoms with Crippen LogP contribution in [0, 0.1) is 5.41 Å². The van der Waals surface area contributed by atoms with Crippen molar-refractivity contribution in [1.29, 1.82) is 5.41 Å². The van der Waals surface area contributed by atoms with Gasteiger partial charge in [-0.15, -0.1) is 0 Å². The number of nitrogens with one attached hydrogen (secondary N) is 2. The number of hydrogen-bond acceptors (Lipinski definition) is 5. The number of aromatic nitrogens is 2. The van der Waals surface area contributed by atoms with Gasteiger partial charge in [0.05, 0.1) is 0 Å². The van der Waals surface area contributed by atoms with Crippen molar-refractivity contribution in [2.45, 2.75) is 6.18 Å². The highest BCUT2D eigenvalue weighted by Gasteiger charge is 2.35. The second kappa shape index (κ2) is 5.57. The number of benzene rings is 1. The first-order valence-corrected chi connectivity index (χ1v) is 5.96. The molecule has 0 atom stereocenters. The van der Waals surface area contributed by atoms with Gasteiger partial charge in [0.15, 0.2) is 0 Å². The summed E-state index contributed by atoms with van der Waals surface area (Å²) in [4.78, 5) is 6.88. The maximum Gasteiger partial charge on any atom is 0.421 e. The molecule has 1 aromatic heterocycles. The number of nitrogen functional groups attached to an aromatic ring is 1. The predicted molar refractivity (Wildman–Crippen MR) is 74.1 cm³/mol. The number of anilines is 3. The van der Waals surface area contributed by atoms with E-state index in [9.17, 15) is 13.2 Å². The van der Waals surface area contributed by atoms with Gasteiger partial charge in [-0.1, -0.05) is 0 Å². The van der Waals surface area contributed by atoms with Gasteiger partial charge in [-0.25, -0.2) is 4.98 Å². The molecule has 1 aromatic carbocycles. The fraction of sp³-hybridized carbons (Fsp3) is 0.0833. The Morgan fingerprint density at radius 1 is 1.33 bits per heavy atom. The van der Waals surface area contributed by atoms with Gasteiger partial charge in [0.25, 0.3) is 0 Å². The number of rotatable bonds is 3. The molecule has 0 saturated heterocycles. The van der Waals surface area contributed by atoms with Crippen LogP contribution in [0.5, 0.6) is 0 Å². The average Bonchev–Trinajstić information content (AvgIpc) is 2.39. The zero-order chi connectivity index (χ0) is 15.6. The SMILES string of the molecule is N=Cc1cc(Nc2nc(Cl)ncc2C(F)(F)F)ccc1N. The van der Waals surface area contributed by atoms with E-state index in [0.29, 0.717) is 23.1 Å². The molecule has 0 aliphatic rings. The quantitative estimate of drug-likeness (QED) is 0.460. The van der Waals surface area contributed by atoms with E-state index in [1.165, 1.54) is 18.2 Å². The molecule has 1 heterocycles. The van der Waals surface area contributed by atoms with Gasteiger partial charge in [0.1, 0.15) is 11.4 Å². The first-order chi connectivity index (χ1) is 9.81. The summed E-state index contributed by atoms with van der Waals surface area (Å²) in [5.74, 6) is -0.469. The summed E-state index contributed by atoms with van der Waals surface area (Å²) >= 11 is 5.53. The van der Waals surface area contributed by atoms with Crippen molar-refractivity contribution >= 4 is 35.0 Å². The monoisotopic (exact) mass is 315 g/mol. The number of hydrogen-bond donors (Lipinski definition) is 3. The van der Waals surface area contributed by atoms with E-state index >= 15 is 0 Å². The van der Waals surface area contributed by atoms with E-state index < -0.39 is 17.6 Å². The summed E-state index contributed by atoms with van der Waals surface area (Å²) in [7, 11) is 0. The average molecular weight is 316 g/mol. The highest BCUT2D eigenvalue weighted by molar-refractivity contribution is 6.28. The van der Waals surface area contributed by atoms with Gasteiger partial charge >= 0.3 is 6.18 Å². The summed E-state index contributed by atoms with van der Waals surface area (Å²) in [5.41, 5.74) is 5.57. The minimum absolute atomic E-state index is 0.294. The Balaban J connectivity index is 2.44. The van der Waals surface area contributed by atoms with Crippen molar-refractivity contribution in [3.63, 3.8) is 0 Å². The predicted octanol–water partition coefficient (Wildman–Crippen LogP) is 3.47. The molecular weight excluding hydrogens is 307 g/mol. The molecule has 0 unspecified atom stereocenters. The van der Waals surface area contributed by atoms with Gasteiger partial charge in [-0.05, 0) is 29.8 Å². The first kappa shape index (κ1) is 15.0. The first-order valence-electron chi connectivity index (χ1n) is 5.58. The molecule has 0 aliphatic carbocycles. The van der Waals surface area contributed by atoms with Crippen LogP contribution >= 0.6 is 11.6 Å². The summed E-state index contributed by atoms with van der Waals surface area (Å²) < 4.78 is 38.6. The summed E-state index contributed by atoms with van der Waals surface area (Å²) in [6.07, 6.45) is -3.02. The normalized spacial score (nSPS) is 11.2. The molecule has 0 spiro atoms. The standard InChI is InChI=1S/C12H9ClF3N5/c13-11-19-5-8(12(14,15)16)10(21-11)20-7-1-2-9(18)6(3-7)4-17/h1-5,17H,18H2,(H,19,20,21). The minimum Gasteiger partial charge on any atom is -0.398 e. The number of alkyl halides is 3. The topological polar surface area (TPSA) is 87.7 Å². The molecule has 0 saturated carbocycles. The second-order valence-corrected chi connectivity index (χ2v) is 4.35. The van der Waals surface area contributed by atoms with Crippen LogP contribution in [0.25, 0.3) is 0 Å². The lowest BCUT2D eigenvalue weighted by Gasteiger charge is -2.13. The Bertz CT molecular complexity index is 687. The molecule has 0 radical (unpaired) electrons. The van der Waals surface area contributed by atoms with Crippen LogP contribution in [0.1, 0.15) is 11.1 Å². The Kier molecular flexibility index (Phi) is 3.99. The molecule has 2 aromatic rings. The lowest BCUT2D eigenvalue weighted by atomic mass is 10.1. The van der Waals surface area contributed by atoms with E-state index in [0.717, 1.165) is 6.21 Å². The van der Waals surface area contributed by atoms with Gasteiger partial charge in [-0.2, -0.15) is 18.2 Å². The van der Waals surface area contributed by atoms with Crippen molar-refractivity contribution < 1.29 is 13.2 Å². The molecule has 9 heteroatoms. The number of nitrogens with two attached hydrogens (primary N) is 1. The van der Waals surface area contributed by atoms with E-state index in [1.54, 1.807) is 0 Å². The maximum atomic E-state index is 12.9. The molecule has 0 fully saturated rings. The van der Waals surface area contributed by atoms with Crippen molar-refractivity contribution in [2.24, 2.45) is 0 Å². The van der Waals surface area contributed by atoms with Crippen LogP contribution in [-0.4, -0.2) is 16.2 Å². The van der Waals surface area contributed by atoms with Crippen LogP contribution in [-0.2, 0) is 6.18 Å². The zero-order valence-electron chi connectivity index (χ0n) is 10.4. The van der Waals surface area contributed by atoms with Crippen molar-refractivity contribution in [3.8, 4) is 0 Å². The molecular formula is C12H9ClF3N5. The Hall–Kier alpha value is -2.35. The summed E-state index contributed by atoms with van der Waals surface area (Å²) in [6, 6.07) is 4.37. The van der Waals surface area contributed by atoms with Crippen molar-refractivity contribution in [3.05, 3.63) is 40.8 Å². The molecule has 21 heavy (non-hydrogen) atoms. The van der Waals surface area contributed by atoms with Crippen LogP contribution in [0.4, 0.5) is 30.4 Å². The van der Waals surface area contributed by atoms with Gasteiger partial charge < -0.3 is 16.5 Å². The molecule has 4 N–H and O–H groups in total. The molecule has 5 nitrogen and oxygen atoms in total. The van der Waals surface area contributed by atoms with E-state index in [2.05, 4.69) is 15.3 Å². The third kappa shape index (κ3) is 3.40. The lowest BCUT2D eigenvalue weighted by Crippen LogP contribution is -2.11. The molecule has 0 bridgehead atoms. The lowest BCUT2D eigenvalue weighted by molar-refractivity contribution is -0.137. The zero-order valence-corrected chi connectivity index (χ0v) is 11.1. The molecule has 0 amide bonds. The van der Waals surface area contributed by atoms with Crippen molar-refractivity contribution in [1.82, 2.24) is 9.97 Å². The van der Waals surface area contributed by atoms with Crippen LogP contribution in [0.15, 0.2) is 24.4 Å². The summed E-state index contributed by atoms with van der Waals surface area (Å²) in [6.45, 7) is 0. The number of halogens is 4. The molecule has 110 valence electrons. The maximum absolute atomic E-state index is 12.9. The second-order valence-electron chi connectivity index (χ2n) is 4.01. The minimum atomic E-state index is -4.62. The smallest absolute Gasteiger partial charge is 0.398 e. The molecule has 2 rings (SSSR count). The van der Waals surface area contributed by atoms with Gasteiger partial charge in [0.2, 0.25) is 5.28 Å². The Labute approximate surface area is 122 Å². The van der Waals surface area contributed by atoms with Crippen LogP contribution in [0.2, 0.25) is 5.28 Å². The Morgan fingerprint density at radius 2 is 2.05 bits per heavy atom. The third-order valence-corrected chi connectivity index (χ3v) is 2.75. The highest BCUT2D eigenvalue weighted by Crippen LogP contribution is 2.35. The molecule has 0 aliphatic heterocycles.